The quantitative estimate of drug-likeness (QED) is 0.369. The Labute approximate surface area is 107 Å². The highest BCUT2D eigenvalue weighted by atomic mass is 79.9. The molecule has 0 N–H and O–H groups in total. The average Bonchev–Trinajstić information content (AvgIpc) is 2.27. The Hall–Kier alpha value is 0.590. The van der Waals surface area contributed by atoms with E-state index in [1.54, 1.807) is 0 Å². The highest BCUT2D eigenvalue weighted by Crippen LogP contribution is 2.60. The van der Waals surface area contributed by atoms with E-state index in [0.29, 0.717) is 26.2 Å². The Morgan fingerprint density at radius 1 is 1.06 bits per heavy atom. The first kappa shape index (κ1) is 16.6. The predicted octanol–water partition coefficient (Wildman–Crippen LogP) is 3.79. The van der Waals surface area contributed by atoms with E-state index < -0.39 is 13.4 Å². The Bertz CT molecular complexity index is 219. The van der Waals surface area contributed by atoms with Gasteiger partial charge in [-0.2, -0.15) is 0 Å². The lowest BCUT2D eigenvalue weighted by Crippen LogP contribution is -2.23. The number of halogens is 1. The van der Waals surface area contributed by atoms with Gasteiger partial charge in [-0.3, -0.25) is 4.57 Å². The van der Waals surface area contributed by atoms with Crippen LogP contribution in [0.4, 0.5) is 0 Å². The van der Waals surface area contributed by atoms with Crippen LogP contribution in [0.1, 0.15) is 34.1 Å². The van der Waals surface area contributed by atoms with Crippen molar-refractivity contribution in [1.82, 2.24) is 0 Å². The van der Waals surface area contributed by atoms with E-state index in [1.165, 1.54) is 0 Å². The third-order valence-corrected chi connectivity index (χ3v) is 7.02. The molecule has 4 nitrogen and oxygen atoms in total. The number of ether oxygens (including phenoxy) is 2. The van der Waals surface area contributed by atoms with Gasteiger partial charge in [0.05, 0.1) is 11.2 Å². The van der Waals surface area contributed by atoms with Crippen molar-refractivity contribution in [3.05, 3.63) is 0 Å². The molecule has 2 atom stereocenters. The maximum atomic E-state index is 12.7. The molecule has 0 aliphatic carbocycles. The maximum absolute atomic E-state index is 12.7. The second kappa shape index (κ2) is 8.65. The van der Waals surface area contributed by atoms with Gasteiger partial charge in [0, 0.05) is 13.2 Å². The van der Waals surface area contributed by atoms with Gasteiger partial charge in [0.2, 0.25) is 6.03 Å². The molecule has 0 aliphatic rings. The molecule has 0 heterocycles. The Morgan fingerprint density at radius 2 is 1.56 bits per heavy atom. The summed E-state index contributed by atoms with van der Waals surface area (Å²) in [6, 6.07) is -0.772. The average molecular weight is 317 g/mol. The number of rotatable bonds is 9. The Balaban J connectivity index is 4.87. The summed E-state index contributed by atoms with van der Waals surface area (Å²) >= 11 is 3.39. The minimum atomic E-state index is -2.98. The number of hydrogen-bond acceptors (Lipinski definition) is 4. The van der Waals surface area contributed by atoms with Gasteiger partial charge in [0.1, 0.15) is 0 Å². The smallest absolute Gasteiger partial charge is 0.270 e. The lowest BCUT2D eigenvalue weighted by molar-refractivity contribution is -0.0890. The van der Waals surface area contributed by atoms with Crippen LogP contribution in [0.25, 0.3) is 0 Å². The normalized spacial score (nSPS) is 17.4. The van der Waals surface area contributed by atoms with Crippen LogP contribution < -0.4 is 0 Å². The lowest BCUT2D eigenvalue weighted by Gasteiger charge is -2.29. The molecular formula is C10H22BrO4P. The first-order chi connectivity index (χ1) is 7.56. The molecule has 0 fully saturated rings. The highest BCUT2D eigenvalue weighted by Gasteiger charge is 2.41. The minimum absolute atomic E-state index is 0.233. The number of hydrogen-bond donors (Lipinski definition) is 0. The summed E-state index contributed by atoms with van der Waals surface area (Å²) in [5.41, 5.74) is 0. The third-order valence-electron chi connectivity index (χ3n) is 1.97. The van der Waals surface area contributed by atoms with Crippen LogP contribution in [0.5, 0.6) is 0 Å². The van der Waals surface area contributed by atoms with Gasteiger partial charge in [-0.25, -0.2) is 0 Å². The van der Waals surface area contributed by atoms with E-state index in [2.05, 4.69) is 15.9 Å². The van der Waals surface area contributed by atoms with Crippen molar-refractivity contribution in [2.24, 2.45) is 0 Å². The molecule has 16 heavy (non-hydrogen) atoms. The van der Waals surface area contributed by atoms with Crippen molar-refractivity contribution in [2.45, 2.75) is 44.7 Å². The maximum Gasteiger partial charge on any atom is 0.270 e. The van der Waals surface area contributed by atoms with Crippen LogP contribution in [0.15, 0.2) is 0 Å². The molecule has 0 aromatic heterocycles. The summed E-state index contributed by atoms with van der Waals surface area (Å²) in [5.74, 6) is 0. The van der Waals surface area contributed by atoms with Crippen LogP contribution in [0.3, 0.4) is 0 Å². The molecule has 0 rings (SSSR count). The fourth-order valence-corrected chi connectivity index (χ4v) is 4.38. The van der Waals surface area contributed by atoms with Crippen molar-refractivity contribution in [3.63, 3.8) is 0 Å². The fourth-order valence-electron chi connectivity index (χ4n) is 1.27. The second-order valence-corrected chi connectivity index (χ2v) is 7.53. The summed E-state index contributed by atoms with van der Waals surface area (Å²) in [6.07, 6.45) is 0.702. The summed E-state index contributed by atoms with van der Waals surface area (Å²) in [4.78, 5) is 0. The molecule has 2 unspecified atom stereocenters. The summed E-state index contributed by atoms with van der Waals surface area (Å²) < 4.78 is 28.6. The van der Waals surface area contributed by atoms with Crippen molar-refractivity contribution in [1.29, 1.82) is 0 Å². The Morgan fingerprint density at radius 3 is 1.88 bits per heavy atom. The molecule has 0 amide bonds. The molecule has 6 heteroatoms. The molecule has 0 radical (unpaired) electrons. The van der Waals surface area contributed by atoms with Crippen molar-refractivity contribution in [2.75, 3.05) is 19.8 Å². The molecule has 0 bridgehead atoms. The third kappa shape index (κ3) is 4.46. The predicted molar refractivity (Wildman–Crippen MR) is 69.3 cm³/mol. The zero-order chi connectivity index (χ0) is 12.6. The fraction of sp³-hybridized carbons (Fsp3) is 1.00. The van der Waals surface area contributed by atoms with E-state index >= 15 is 0 Å². The van der Waals surface area contributed by atoms with Gasteiger partial charge in [0.15, 0.2) is 0 Å². The Kier molecular flexibility index (Phi) is 8.97. The van der Waals surface area contributed by atoms with Gasteiger partial charge in [-0.1, -0.05) is 22.9 Å². The molecule has 98 valence electrons. The summed E-state index contributed by atoms with van der Waals surface area (Å²) in [5, 5.41) is 0. The van der Waals surface area contributed by atoms with E-state index in [-0.39, 0.29) is 4.57 Å². The zero-order valence-electron chi connectivity index (χ0n) is 10.4. The van der Waals surface area contributed by atoms with E-state index in [9.17, 15) is 4.57 Å². The molecule has 0 aromatic rings. The van der Waals surface area contributed by atoms with Crippen molar-refractivity contribution >= 4 is 23.3 Å². The second-order valence-electron chi connectivity index (χ2n) is 3.12. The van der Waals surface area contributed by atoms with Crippen LogP contribution >= 0.6 is 23.3 Å². The topological polar surface area (TPSA) is 44.8 Å². The van der Waals surface area contributed by atoms with Gasteiger partial charge in [0.25, 0.3) is 7.37 Å². The van der Waals surface area contributed by atoms with Crippen LogP contribution in [-0.2, 0) is 18.6 Å². The van der Waals surface area contributed by atoms with Crippen LogP contribution in [-0.4, -0.2) is 30.4 Å². The van der Waals surface area contributed by atoms with E-state index in [1.807, 2.05) is 27.7 Å². The first-order valence-corrected chi connectivity index (χ1v) is 8.35. The van der Waals surface area contributed by atoms with Crippen molar-refractivity contribution < 1.29 is 18.6 Å². The van der Waals surface area contributed by atoms with Gasteiger partial charge in [-0.15, -0.1) is 0 Å². The lowest BCUT2D eigenvalue weighted by atomic mass is 10.6. The van der Waals surface area contributed by atoms with Gasteiger partial charge >= 0.3 is 0 Å². The largest absolute Gasteiger partial charge is 0.345 e. The van der Waals surface area contributed by atoms with Crippen molar-refractivity contribution in [3.8, 4) is 0 Å². The molecule has 0 aromatic carbocycles. The van der Waals surface area contributed by atoms with Crippen LogP contribution in [0.2, 0.25) is 0 Å². The zero-order valence-corrected chi connectivity index (χ0v) is 12.9. The summed E-state index contributed by atoms with van der Waals surface area (Å²) in [7, 11) is -2.98. The number of alkyl halides is 1. The van der Waals surface area contributed by atoms with Gasteiger partial charge in [-0.05, 0) is 27.2 Å². The molecule has 0 aliphatic heterocycles. The highest BCUT2D eigenvalue weighted by molar-refractivity contribution is 9.10. The molecule has 0 spiro atoms. The van der Waals surface area contributed by atoms with E-state index in [0.717, 1.165) is 0 Å². The summed E-state index contributed by atoms with van der Waals surface area (Å²) in [6.45, 7) is 8.73. The molecule has 0 saturated heterocycles. The van der Waals surface area contributed by atoms with Crippen LogP contribution in [0, 0.1) is 0 Å². The standard InChI is InChI=1S/C10H22BrO4P/c1-5-9(11)16(12,15-8-4)10(13-6-2)14-7-3/h9-10H,5-8H2,1-4H3. The molecular weight excluding hydrogens is 295 g/mol. The first-order valence-electron chi connectivity index (χ1n) is 5.67. The molecule has 0 saturated carbocycles. The van der Waals surface area contributed by atoms with E-state index in [4.69, 9.17) is 14.0 Å². The van der Waals surface area contributed by atoms with Gasteiger partial charge < -0.3 is 14.0 Å². The SMILES string of the molecule is CCOC(OCC)P(=O)(OCC)C(Br)CC. The monoisotopic (exact) mass is 316 g/mol. The minimum Gasteiger partial charge on any atom is -0.345 e.